The largest absolute Gasteiger partial charge is 0.353 e. The molecule has 1 aromatic carbocycles. The topological polar surface area (TPSA) is 61.4 Å². The fraction of sp³-hybridized carbons (Fsp3) is 0.333. The third kappa shape index (κ3) is 2.90. The molecule has 0 aromatic heterocycles. The molecule has 1 saturated heterocycles. The molecule has 0 spiro atoms. The number of nitrogens with zero attached hydrogens (tertiary/aromatic N) is 1. The molecule has 0 saturated carbocycles. The number of hydrogen-bond acceptors (Lipinski definition) is 2. The van der Waals surface area contributed by atoms with E-state index in [1.54, 1.807) is 6.92 Å². The molecule has 1 fully saturated rings. The van der Waals surface area contributed by atoms with Gasteiger partial charge in [0.2, 0.25) is 5.91 Å². The van der Waals surface area contributed by atoms with E-state index in [1.165, 1.54) is 4.90 Å². The van der Waals surface area contributed by atoms with Gasteiger partial charge in [-0.2, -0.15) is 0 Å². The highest BCUT2D eigenvalue weighted by molar-refractivity contribution is 9.10. The first-order valence-electron chi connectivity index (χ1n) is 5.90. The number of benzene rings is 1. The van der Waals surface area contributed by atoms with Crippen molar-refractivity contribution >= 4 is 33.6 Å². The Labute approximate surface area is 122 Å². The number of hydrogen-bond donors (Lipinski definition) is 2. The molecule has 1 heterocycles. The number of carbonyl (C=O) groups excluding carboxylic acids is 2. The fourth-order valence-corrected chi connectivity index (χ4v) is 2.33. The van der Waals surface area contributed by atoms with Gasteiger partial charge in [-0.3, -0.25) is 4.79 Å². The van der Waals surface area contributed by atoms with Crippen molar-refractivity contribution in [2.24, 2.45) is 0 Å². The normalized spacial score (nSPS) is 18.7. The van der Waals surface area contributed by atoms with Gasteiger partial charge >= 0.3 is 6.03 Å². The van der Waals surface area contributed by atoms with Crippen LogP contribution in [0.2, 0.25) is 0 Å². The van der Waals surface area contributed by atoms with Crippen molar-refractivity contribution in [3.05, 3.63) is 28.2 Å². The minimum Gasteiger partial charge on any atom is -0.353 e. The van der Waals surface area contributed by atoms with Gasteiger partial charge in [0.25, 0.3) is 0 Å². The molecule has 8 heteroatoms. The number of halogens is 3. The SMILES string of the molecule is C[C@@H]1C(=O)NCCN1C(=O)Nc1cc(F)cc(Br)c1F. The lowest BCUT2D eigenvalue weighted by Gasteiger charge is -2.32. The molecule has 0 aliphatic carbocycles. The highest BCUT2D eigenvalue weighted by Gasteiger charge is 2.29. The van der Waals surface area contributed by atoms with Crippen LogP contribution in [0.3, 0.4) is 0 Å². The standard InChI is InChI=1S/C12H12BrF2N3O2/c1-6-11(19)16-2-3-18(6)12(20)17-9-5-7(14)4-8(13)10(9)15/h4-6H,2-3H2,1H3,(H,16,19)(H,17,20)/t6-/m1/s1. The van der Waals surface area contributed by atoms with E-state index in [-0.39, 0.29) is 16.1 Å². The maximum absolute atomic E-state index is 13.8. The van der Waals surface area contributed by atoms with Crippen molar-refractivity contribution < 1.29 is 18.4 Å². The number of piperazine rings is 1. The molecule has 2 N–H and O–H groups in total. The Morgan fingerprint density at radius 2 is 2.20 bits per heavy atom. The summed E-state index contributed by atoms with van der Waals surface area (Å²) in [6, 6.07) is 0.529. The number of rotatable bonds is 1. The van der Waals surface area contributed by atoms with E-state index < -0.39 is 23.7 Å². The molecule has 1 aliphatic rings. The Morgan fingerprint density at radius 1 is 1.50 bits per heavy atom. The number of carbonyl (C=O) groups is 2. The monoisotopic (exact) mass is 347 g/mol. The van der Waals surface area contributed by atoms with Gasteiger partial charge in [0, 0.05) is 19.2 Å². The Morgan fingerprint density at radius 3 is 2.90 bits per heavy atom. The van der Waals surface area contributed by atoms with Gasteiger partial charge in [-0.05, 0) is 28.9 Å². The smallest absolute Gasteiger partial charge is 0.322 e. The third-order valence-electron chi connectivity index (χ3n) is 2.99. The zero-order valence-electron chi connectivity index (χ0n) is 10.5. The third-order valence-corrected chi connectivity index (χ3v) is 3.57. The second-order valence-corrected chi connectivity index (χ2v) is 5.19. The van der Waals surface area contributed by atoms with Crippen LogP contribution in [-0.4, -0.2) is 36.0 Å². The summed E-state index contributed by atoms with van der Waals surface area (Å²) in [5, 5.41) is 4.88. The number of anilines is 1. The summed E-state index contributed by atoms with van der Waals surface area (Å²) in [6.45, 7) is 2.19. The summed E-state index contributed by atoms with van der Waals surface area (Å²) in [4.78, 5) is 24.8. The van der Waals surface area contributed by atoms with E-state index in [9.17, 15) is 18.4 Å². The molecule has 20 heavy (non-hydrogen) atoms. The lowest BCUT2D eigenvalue weighted by atomic mass is 10.2. The first kappa shape index (κ1) is 14.7. The van der Waals surface area contributed by atoms with Crippen LogP contribution in [0.5, 0.6) is 0 Å². The van der Waals surface area contributed by atoms with Crippen molar-refractivity contribution in [3.63, 3.8) is 0 Å². The quantitative estimate of drug-likeness (QED) is 0.764. The molecule has 1 aromatic rings. The molecule has 0 unspecified atom stereocenters. The zero-order chi connectivity index (χ0) is 14.9. The van der Waals surface area contributed by atoms with Gasteiger partial charge < -0.3 is 15.5 Å². The summed E-state index contributed by atoms with van der Waals surface area (Å²) < 4.78 is 26.9. The molecule has 108 valence electrons. The predicted octanol–water partition coefficient (Wildman–Crippen LogP) is 2.08. The molecule has 1 aliphatic heterocycles. The van der Waals surface area contributed by atoms with Crippen LogP contribution in [0.4, 0.5) is 19.3 Å². The van der Waals surface area contributed by atoms with Gasteiger partial charge in [-0.25, -0.2) is 13.6 Å². The molecule has 2 rings (SSSR count). The van der Waals surface area contributed by atoms with Gasteiger partial charge in [0.15, 0.2) is 5.82 Å². The lowest BCUT2D eigenvalue weighted by Crippen LogP contribution is -2.56. The van der Waals surface area contributed by atoms with Crippen LogP contribution in [0.15, 0.2) is 16.6 Å². The van der Waals surface area contributed by atoms with Gasteiger partial charge in [-0.1, -0.05) is 0 Å². The number of urea groups is 1. The maximum Gasteiger partial charge on any atom is 0.322 e. The summed E-state index contributed by atoms with van der Waals surface area (Å²) in [5.41, 5.74) is -0.278. The average Bonchev–Trinajstić information content (AvgIpc) is 2.38. The number of amides is 3. The summed E-state index contributed by atoms with van der Waals surface area (Å²) >= 11 is 2.86. The van der Waals surface area contributed by atoms with Crippen LogP contribution >= 0.6 is 15.9 Å². The Kier molecular flexibility index (Phi) is 4.22. The van der Waals surface area contributed by atoms with E-state index in [1.807, 2.05) is 0 Å². The summed E-state index contributed by atoms with van der Waals surface area (Å²) in [5.74, 6) is -1.74. The van der Waals surface area contributed by atoms with Crippen LogP contribution in [0.25, 0.3) is 0 Å². The first-order chi connectivity index (χ1) is 9.40. The minimum absolute atomic E-state index is 0.0859. The van der Waals surface area contributed by atoms with Crippen molar-refractivity contribution in [3.8, 4) is 0 Å². The summed E-state index contributed by atoms with van der Waals surface area (Å²) in [7, 11) is 0. The summed E-state index contributed by atoms with van der Waals surface area (Å²) in [6.07, 6.45) is 0. The minimum atomic E-state index is -0.770. The number of nitrogens with one attached hydrogen (secondary N) is 2. The Balaban J connectivity index is 2.17. The Hall–Kier alpha value is -1.70. The van der Waals surface area contributed by atoms with Crippen LogP contribution in [0.1, 0.15) is 6.92 Å². The van der Waals surface area contributed by atoms with Crippen LogP contribution in [0, 0.1) is 11.6 Å². The van der Waals surface area contributed by atoms with Crippen molar-refractivity contribution in [1.82, 2.24) is 10.2 Å². The predicted molar refractivity (Wildman–Crippen MR) is 72.3 cm³/mol. The molecule has 1 atom stereocenters. The molecular formula is C12H12BrF2N3O2. The second-order valence-electron chi connectivity index (χ2n) is 4.34. The molecule has 0 radical (unpaired) electrons. The first-order valence-corrected chi connectivity index (χ1v) is 6.69. The highest BCUT2D eigenvalue weighted by atomic mass is 79.9. The zero-order valence-corrected chi connectivity index (χ0v) is 12.1. The van der Waals surface area contributed by atoms with Gasteiger partial charge in [0.05, 0.1) is 10.2 Å². The maximum atomic E-state index is 13.8. The van der Waals surface area contributed by atoms with E-state index in [0.29, 0.717) is 13.1 Å². The Bertz CT molecular complexity index is 568. The van der Waals surface area contributed by atoms with Crippen molar-refractivity contribution in [1.29, 1.82) is 0 Å². The van der Waals surface area contributed by atoms with E-state index >= 15 is 0 Å². The highest BCUT2D eigenvalue weighted by Crippen LogP contribution is 2.25. The fourth-order valence-electron chi connectivity index (χ4n) is 1.89. The van der Waals surface area contributed by atoms with Crippen LogP contribution in [-0.2, 0) is 4.79 Å². The van der Waals surface area contributed by atoms with E-state index in [2.05, 4.69) is 26.6 Å². The molecular weight excluding hydrogens is 336 g/mol. The average molecular weight is 348 g/mol. The molecule has 0 bridgehead atoms. The van der Waals surface area contributed by atoms with Gasteiger partial charge in [-0.15, -0.1) is 0 Å². The molecule has 5 nitrogen and oxygen atoms in total. The van der Waals surface area contributed by atoms with Crippen LogP contribution < -0.4 is 10.6 Å². The van der Waals surface area contributed by atoms with E-state index in [0.717, 1.165) is 12.1 Å². The van der Waals surface area contributed by atoms with Crippen molar-refractivity contribution in [2.45, 2.75) is 13.0 Å². The van der Waals surface area contributed by atoms with Crippen molar-refractivity contribution in [2.75, 3.05) is 18.4 Å². The second kappa shape index (κ2) is 5.74. The lowest BCUT2D eigenvalue weighted by molar-refractivity contribution is -0.126. The molecule has 3 amide bonds. The van der Waals surface area contributed by atoms with E-state index in [4.69, 9.17) is 0 Å². The van der Waals surface area contributed by atoms with Gasteiger partial charge in [0.1, 0.15) is 11.9 Å².